The van der Waals surface area contributed by atoms with Crippen LogP contribution in [0.1, 0.15) is 17.4 Å². The van der Waals surface area contributed by atoms with E-state index in [1.54, 1.807) is 19.1 Å². The van der Waals surface area contributed by atoms with Crippen LogP contribution < -0.4 is 5.32 Å². The minimum Gasteiger partial charge on any atom is -0.349 e. The van der Waals surface area contributed by atoms with Crippen LogP contribution in [-0.4, -0.2) is 51.7 Å². The third-order valence-electron chi connectivity index (χ3n) is 4.95. The number of fused-ring (bicyclic) bond motifs is 2. The van der Waals surface area contributed by atoms with E-state index in [4.69, 9.17) is 11.6 Å². The fourth-order valence-electron chi connectivity index (χ4n) is 3.42. The van der Waals surface area contributed by atoms with E-state index in [2.05, 4.69) is 15.3 Å². The molecule has 2 amide bonds. The van der Waals surface area contributed by atoms with Crippen molar-refractivity contribution in [2.45, 2.75) is 18.9 Å². The van der Waals surface area contributed by atoms with Crippen LogP contribution in [0.25, 0.3) is 10.9 Å². The highest BCUT2D eigenvalue weighted by Crippen LogP contribution is 2.59. The Balaban J connectivity index is 1.40. The Labute approximate surface area is 146 Å². The summed E-state index contributed by atoms with van der Waals surface area (Å²) in [6.45, 7) is 1.64. The van der Waals surface area contributed by atoms with E-state index in [0.717, 1.165) is 5.39 Å². The van der Waals surface area contributed by atoms with Crippen LogP contribution in [0, 0.1) is 11.8 Å². The zero-order valence-electron chi connectivity index (χ0n) is 13.2. The number of hydrogen-bond donors (Lipinski definition) is 2. The molecule has 9 heteroatoms. The number of rotatable bonds is 3. The Hall–Kier alpha value is -2.22. The number of pyridine rings is 1. The van der Waals surface area contributed by atoms with Gasteiger partial charge in [-0.2, -0.15) is 0 Å². The molecule has 0 radical (unpaired) electrons. The molecule has 25 heavy (non-hydrogen) atoms. The topological polar surface area (TPSA) is 78.1 Å². The molecule has 0 aromatic carbocycles. The summed E-state index contributed by atoms with van der Waals surface area (Å²) in [6, 6.07) is 2.43. The SMILES string of the molecule is CC(NC(=O)c1cc2cc(Cl)ncc2[nH]1)C(=O)N1CC2C(C1)C2(F)F. The number of nitrogens with zero attached hydrogens (tertiary/aromatic N) is 2. The molecule has 2 N–H and O–H groups in total. The molecule has 2 aromatic heterocycles. The van der Waals surface area contributed by atoms with Gasteiger partial charge in [0.15, 0.2) is 0 Å². The van der Waals surface area contributed by atoms with Crippen molar-refractivity contribution in [3.63, 3.8) is 0 Å². The summed E-state index contributed by atoms with van der Waals surface area (Å²) >= 11 is 5.81. The van der Waals surface area contributed by atoms with E-state index in [1.165, 1.54) is 11.1 Å². The average Bonchev–Trinajstić information content (AvgIpc) is 3.00. The van der Waals surface area contributed by atoms with Crippen LogP contribution in [-0.2, 0) is 4.79 Å². The van der Waals surface area contributed by atoms with Crippen molar-refractivity contribution in [1.29, 1.82) is 0 Å². The predicted octanol–water partition coefficient (Wildman–Crippen LogP) is 2.06. The molecule has 1 aliphatic carbocycles. The largest absolute Gasteiger partial charge is 0.349 e. The Morgan fingerprint density at radius 1 is 1.40 bits per heavy atom. The molecule has 0 bridgehead atoms. The van der Waals surface area contributed by atoms with Crippen LogP contribution in [0.5, 0.6) is 0 Å². The minimum atomic E-state index is -2.64. The number of alkyl halides is 2. The maximum Gasteiger partial charge on any atom is 0.268 e. The van der Waals surface area contributed by atoms with E-state index >= 15 is 0 Å². The second kappa shape index (κ2) is 5.39. The van der Waals surface area contributed by atoms with Gasteiger partial charge in [-0.3, -0.25) is 9.59 Å². The fraction of sp³-hybridized carbons (Fsp3) is 0.438. The predicted molar refractivity (Wildman–Crippen MR) is 86.5 cm³/mol. The third-order valence-corrected chi connectivity index (χ3v) is 5.15. The number of amides is 2. The normalized spacial score (nSPS) is 24.9. The van der Waals surface area contributed by atoms with Crippen molar-refractivity contribution in [2.75, 3.05) is 13.1 Å². The van der Waals surface area contributed by atoms with E-state index in [1.807, 2.05) is 0 Å². The molecule has 0 spiro atoms. The van der Waals surface area contributed by atoms with Crippen molar-refractivity contribution >= 4 is 34.3 Å². The molecule has 3 unspecified atom stereocenters. The van der Waals surface area contributed by atoms with Crippen molar-refractivity contribution in [1.82, 2.24) is 20.2 Å². The molecule has 3 atom stereocenters. The number of carbonyl (C=O) groups is 2. The van der Waals surface area contributed by atoms with Gasteiger partial charge in [0.2, 0.25) is 5.91 Å². The second-order valence-electron chi connectivity index (χ2n) is 6.60. The molecule has 2 fully saturated rings. The monoisotopic (exact) mass is 368 g/mol. The lowest BCUT2D eigenvalue weighted by atomic mass is 10.2. The first-order chi connectivity index (χ1) is 11.8. The number of hydrogen-bond acceptors (Lipinski definition) is 3. The summed E-state index contributed by atoms with van der Waals surface area (Å²) in [5.41, 5.74) is 0.921. The average molecular weight is 369 g/mol. The van der Waals surface area contributed by atoms with Crippen molar-refractivity contribution in [2.24, 2.45) is 11.8 Å². The zero-order valence-corrected chi connectivity index (χ0v) is 14.0. The molecule has 1 saturated heterocycles. The summed E-state index contributed by atoms with van der Waals surface area (Å²) in [5.74, 6) is -4.90. The molecule has 3 heterocycles. The van der Waals surface area contributed by atoms with Gasteiger partial charge in [0.05, 0.1) is 23.5 Å². The van der Waals surface area contributed by atoms with Gasteiger partial charge in [-0.25, -0.2) is 13.8 Å². The quantitative estimate of drug-likeness (QED) is 0.814. The Morgan fingerprint density at radius 3 is 2.76 bits per heavy atom. The van der Waals surface area contributed by atoms with Gasteiger partial charge in [0.1, 0.15) is 16.9 Å². The number of aromatic nitrogens is 2. The number of aromatic amines is 1. The number of H-pyrrole nitrogens is 1. The Bertz CT molecular complexity index is 870. The first-order valence-electron chi connectivity index (χ1n) is 7.89. The molecular formula is C16H15ClF2N4O2. The first kappa shape index (κ1) is 16.3. The summed E-state index contributed by atoms with van der Waals surface area (Å²) in [6.07, 6.45) is 1.51. The van der Waals surface area contributed by atoms with E-state index in [0.29, 0.717) is 10.7 Å². The summed E-state index contributed by atoms with van der Waals surface area (Å²) in [7, 11) is 0. The minimum absolute atomic E-state index is 0.0489. The molecule has 132 valence electrons. The van der Waals surface area contributed by atoms with Crippen LogP contribution >= 0.6 is 11.6 Å². The highest BCUT2D eigenvalue weighted by Gasteiger charge is 2.72. The highest BCUT2D eigenvalue weighted by molar-refractivity contribution is 6.30. The first-order valence-corrected chi connectivity index (χ1v) is 8.27. The van der Waals surface area contributed by atoms with Gasteiger partial charge in [0.25, 0.3) is 11.8 Å². The number of likely N-dealkylation sites (tertiary alicyclic amines) is 1. The van der Waals surface area contributed by atoms with E-state index in [-0.39, 0.29) is 24.7 Å². The van der Waals surface area contributed by atoms with Crippen LogP contribution in [0.3, 0.4) is 0 Å². The number of carbonyl (C=O) groups excluding carboxylic acids is 2. The number of nitrogens with one attached hydrogen (secondary N) is 2. The molecule has 1 aliphatic heterocycles. The van der Waals surface area contributed by atoms with Gasteiger partial charge in [-0.05, 0) is 19.1 Å². The molecular weight excluding hydrogens is 354 g/mol. The zero-order chi connectivity index (χ0) is 17.9. The van der Waals surface area contributed by atoms with Crippen LogP contribution in [0.15, 0.2) is 18.3 Å². The van der Waals surface area contributed by atoms with Crippen molar-refractivity contribution < 1.29 is 18.4 Å². The standard InChI is InChI=1S/C16H15ClF2N4O2/c1-7(15(25)23-5-9-10(6-23)16(9,18)19)21-14(24)11-2-8-3-13(17)20-4-12(8)22-11/h2-4,7,9-10,22H,5-6H2,1H3,(H,21,24). The summed E-state index contributed by atoms with van der Waals surface area (Å²) in [4.78, 5) is 32.9. The van der Waals surface area contributed by atoms with Gasteiger partial charge in [-0.15, -0.1) is 0 Å². The number of halogens is 3. The smallest absolute Gasteiger partial charge is 0.268 e. The molecule has 1 saturated carbocycles. The third kappa shape index (κ3) is 2.64. The Morgan fingerprint density at radius 2 is 2.08 bits per heavy atom. The van der Waals surface area contributed by atoms with E-state index in [9.17, 15) is 18.4 Å². The second-order valence-corrected chi connectivity index (χ2v) is 6.99. The van der Waals surface area contributed by atoms with Crippen LogP contribution in [0.4, 0.5) is 8.78 Å². The lowest BCUT2D eigenvalue weighted by Gasteiger charge is -2.23. The van der Waals surface area contributed by atoms with Crippen molar-refractivity contribution in [3.05, 3.63) is 29.2 Å². The molecule has 2 aromatic rings. The van der Waals surface area contributed by atoms with Crippen LogP contribution in [0.2, 0.25) is 5.15 Å². The lowest BCUT2D eigenvalue weighted by molar-refractivity contribution is -0.133. The van der Waals surface area contributed by atoms with E-state index < -0.39 is 29.7 Å². The van der Waals surface area contributed by atoms with Gasteiger partial charge >= 0.3 is 0 Å². The fourth-order valence-corrected chi connectivity index (χ4v) is 3.59. The lowest BCUT2D eigenvalue weighted by Crippen LogP contribution is -2.47. The van der Waals surface area contributed by atoms with Gasteiger partial charge in [-0.1, -0.05) is 11.6 Å². The summed E-state index contributed by atoms with van der Waals surface area (Å²) < 4.78 is 26.4. The maximum atomic E-state index is 13.2. The molecule has 2 aliphatic rings. The number of piperidine rings is 1. The molecule has 6 nitrogen and oxygen atoms in total. The van der Waals surface area contributed by atoms with Gasteiger partial charge in [0, 0.05) is 18.5 Å². The molecule has 4 rings (SSSR count). The highest BCUT2D eigenvalue weighted by atomic mass is 35.5. The van der Waals surface area contributed by atoms with Crippen molar-refractivity contribution in [3.8, 4) is 0 Å². The summed E-state index contributed by atoms with van der Waals surface area (Å²) in [5, 5.41) is 3.64. The van der Waals surface area contributed by atoms with Gasteiger partial charge < -0.3 is 15.2 Å². The maximum absolute atomic E-state index is 13.2. The Kier molecular flexibility index (Phi) is 3.50.